The lowest BCUT2D eigenvalue weighted by Crippen LogP contribution is -2.06. The summed E-state index contributed by atoms with van der Waals surface area (Å²) < 4.78 is 28.1. The average Bonchev–Trinajstić information content (AvgIpc) is 2.92. The zero-order valence-corrected chi connectivity index (χ0v) is 11.7. The van der Waals surface area contributed by atoms with Gasteiger partial charge in [-0.05, 0) is 29.8 Å². The molecular weight excluding hydrogens is 286 g/mol. The third-order valence-corrected chi connectivity index (χ3v) is 3.34. The van der Waals surface area contributed by atoms with Gasteiger partial charge >= 0.3 is 0 Å². The van der Waals surface area contributed by atoms with E-state index in [1.54, 1.807) is 28.9 Å². The van der Waals surface area contributed by atoms with Gasteiger partial charge in [0.15, 0.2) is 0 Å². The Morgan fingerprint density at radius 1 is 1.00 bits per heavy atom. The molecule has 1 heterocycles. The Labute approximate surface area is 126 Å². The van der Waals surface area contributed by atoms with Crippen LogP contribution in [0.3, 0.4) is 0 Å². The first kappa shape index (κ1) is 14.3. The molecule has 3 rings (SSSR count). The molecule has 0 unspecified atom stereocenters. The number of aromatic nitrogens is 3. The highest BCUT2D eigenvalue weighted by Gasteiger charge is 2.14. The zero-order chi connectivity index (χ0) is 15.5. The topological polar surface area (TPSA) is 56.7 Å². The third-order valence-electron chi connectivity index (χ3n) is 3.34. The van der Waals surface area contributed by atoms with Crippen LogP contribution < -0.4 is 5.73 Å². The Morgan fingerprint density at radius 2 is 1.77 bits per heavy atom. The predicted molar refractivity (Wildman–Crippen MR) is 78.8 cm³/mol. The van der Waals surface area contributed by atoms with Gasteiger partial charge in [-0.3, -0.25) is 0 Å². The molecule has 0 amide bonds. The standard InChI is InChI=1S/C16H14F2N4/c17-13-6-4-11(5-7-13)10-22-16(15(9-19)20-21-22)12-2-1-3-14(18)8-12/h1-8H,9-10,19H2. The summed E-state index contributed by atoms with van der Waals surface area (Å²) in [5.74, 6) is -0.634. The molecule has 0 saturated carbocycles. The van der Waals surface area contributed by atoms with Crippen molar-refractivity contribution in [2.24, 2.45) is 5.73 Å². The van der Waals surface area contributed by atoms with Gasteiger partial charge in [-0.15, -0.1) is 5.10 Å². The molecule has 3 aromatic rings. The summed E-state index contributed by atoms with van der Waals surface area (Å²) in [4.78, 5) is 0. The van der Waals surface area contributed by atoms with Gasteiger partial charge in [-0.25, -0.2) is 13.5 Å². The first-order valence-corrected chi connectivity index (χ1v) is 6.80. The van der Waals surface area contributed by atoms with Crippen molar-refractivity contribution in [3.8, 4) is 11.3 Å². The molecule has 112 valence electrons. The molecule has 2 aromatic carbocycles. The van der Waals surface area contributed by atoms with E-state index in [0.29, 0.717) is 23.5 Å². The molecule has 0 spiro atoms. The Bertz CT molecular complexity index is 781. The van der Waals surface area contributed by atoms with E-state index in [4.69, 9.17) is 5.73 Å². The average molecular weight is 300 g/mol. The van der Waals surface area contributed by atoms with Gasteiger partial charge in [0.1, 0.15) is 17.3 Å². The van der Waals surface area contributed by atoms with Gasteiger partial charge in [0.05, 0.1) is 12.2 Å². The summed E-state index contributed by atoms with van der Waals surface area (Å²) in [5.41, 5.74) is 8.48. The number of hydrogen-bond donors (Lipinski definition) is 1. The Kier molecular flexibility index (Phi) is 3.93. The van der Waals surface area contributed by atoms with Crippen LogP contribution in [0.25, 0.3) is 11.3 Å². The maximum absolute atomic E-state index is 13.5. The highest BCUT2D eigenvalue weighted by Crippen LogP contribution is 2.23. The van der Waals surface area contributed by atoms with E-state index in [1.165, 1.54) is 24.3 Å². The van der Waals surface area contributed by atoms with Crippen LogP contribution in [0.4, 0.5) is 8.78 Å². The molecule has 0 radical (unpaired) electrons. The normalized spacial score (nSPS) is 10.9. The molecular formula is C16H14F2N4. The second kappa shape index (κ2) is 6.03. The molecule has 0 atom stereocenters. The number of rotatable bonds is 4. The SMILES string of the molecule is NCc1nnn(Cc2ccc(F)cc2)c1-c1cccc(F)c1. The largest absolute Gasteiger partial charge is 0.325 e. The fourth-order valence-electron chi connectivity index (χ4n) is 2.31. The number of nitrogens with zero attached hydrogens (tertiary/aromatic N) is 3. The van der Waals surface area contributed by atoms with Crippen molar-refractivity contribution >= 4 is 0 Å². The lowest BCUT2D eigenvalue weighted by Gasteiger charge is -2.08. The molecule has 22 heavy (non-hydrogen) atoms. The summed E-state index contributed by atoms with van der Waals surface area (Å²) in [6, 6.07) is 12.3. The van der Waals surface area contributed by atoms with Crippen molar-refractivity contribution in [2.75, 3.05) is 0 Å². The number of hydrogen-bond acceptors (Lipinski definition) is 3. The molecule has 0 aliphatic carbocycles. The summed E-state index contributed by atoms with van der Waals surface area (Å²) in [6.07, 6.45) is 0. The van der Waals surface area contributed by atoms with Crippen LogP contribution in [0.1, 0.15) is 11.3 Å². The van der Waals surface area contributed by atoms with Crippen LogP contribution in [0.2, 0.25) is 0 Å². The van der Waals surface area contributed by atoms with Crippen molar-refractivity contribution in [2.45, 2.75) is 13.1 Å². The van der Waals surface area contributed by atoms with E-state index in [0.717, 1.165) is 5.56 Å². The van der Waals surface area contributed by atoms with E-state index in [-0.39, 0.29) is 18.2 Å². The first-order valence-electron chi connectivity index (χ1n) is 6.80. The van der Waals surface area contributed by atoms with E-state index >= 15 is 0 Å². The molecule has 0 aliphatic heterocycles. The number of nitrogens with two attached hydrogens (primary N) is 1. The fraction of sp³-hybridized carbons (Fsp3) is 0.125. The molecule has 0 bridgehead atoms. The predicted octanol–water partition coefficient (Wildman–Crippen LogP) is 2.73. The van der Waals surface area contributed by atoms with Crippen molar-refractivity contribution in [1.82, 2.24) is 15.0 Å². The second-order valence-electron chi connectivity index (χ2n) is 4.88. The van der Waals surface area contributed by atoms with Crippen LogP contribution >= 0.6 is 0 Å². The van der Waals surface area contributed by atoms with Crippen LogP contribution in [0.15, 0.2) is 48.5 Å². The van der Waals surface area contributed by atoms with Gasteiger partial charge in [0.2, 0.25) is 0 Å². The monoisotopic (exact) mass is 300 g/mol. The Balaban J connectivity index is 2.02. The molecule has 0 aliphatic rings. The van der Waals surface area contributed by atoms with Gasteiger partial charge < -0.3 is 5.73 Å². The number of benzene rings is 2. The van der Waals surface area contributed by atoms with Gasteiger partial charge in [-0.2, -0.15) is 0 Å². The van der Waals surface area contributed by atoms with Gasteiger partial charge in [0, 0.05) is 12.1 Å². The minimum absolute atomic E-state index is 0.204. The molecule has 2 N–H and O–H groups in total. The summed E-state index contributed by atoms with van der Waals surface area (Å²) in [7, 11) is 0. The van der Waals surface area contributed by atoms with E-state index < -0.39 is 0 Å². The van der Waals surface area contributed by atoms with Crippen molar-refractivity contribution < 1.29 is 8.78 Å². The number of halogens is 2. The van der Waals surface area contributed by atoms with E-state index in [2.05, 4.69) is 10.3 Å². The summed E-state index contributed by atoms with van der Waals surface area (Å²) in [5, 5.41) is 8.13. The van der Waals surface area contributed by atoms with Gasteiger partial charge in [0.25, 0.3) is 0 Å². The van der Waals surface area contributed by atoms with Crippen molar-refractivity contribution in [1.29, 1.82) is 0 Å². The Hall–Kier alpha value is -2.60. The van der Waals surface area contributed by atoms with E-state index in [9.17, 15) is 8.78 Å². The minimum Gasteiger partial charge on any atom is -0.325 e. The molecule has 1 aromatic heterocycles. The van der Waals surface area contributed by atoms with Crippen molar-refractivity contribution in [3.05, 3.63) is 71.4 Å². The maximum Gasteiger partial charge on any atom is 0.123 e. The minimum atomic E-state index is -0.338. The second-order valence-corrected chi connectivity index (χ2v) is 4.88. The van der Waals surface area contributed by atoms with Crippen LogP contribution in [-0.2, 0) is 13.1 Å². The van der Waals surface area contributed by atoms with E-state index in [1.807, 2.05) is 0 Å². The van der Waals surface area contributed by atoms with Crippen molar-refractivity contribution in [3.63, 3.8) is 0 Å². The lowest BCUT2D eigenvalue weighted by atomic mass is 10.1. The fourth-order valence-corrected chi connectivity index (χ4v) is 2.31. The van der Waals surface area contributed by atoms with Crippen LogP contribution in [-0.4, -0.2) is 15.0 Å². The lowest BCUT2D eigenvalue weighted by molar-refractivity contribution is 0.621. The molecule has 0 fully saturated rings. The highest BCUT2D eigenvalue weighted by atomic mass is 19.1. The Morgan fingerprint density at radius 3 is 2.45 bits per heavy atom. The highest BCUT2D eigenvalue weighted by molar-refractivity contribution is 5.62. The molecule has 6 heteroatoms. The maximum atomic E-state index is 13.5. The summed E-state index contributed by atoms with van der Waals surface area (Å²) >= 11 is 0. The summed E-state index contributed by atoms with van der Waals surface area (Å²) in [6.45, 7) is 0.606. The smallest absolute Gasteiger partial charge is 0.123 e. The zero-order valence-electron chi connectivity index (χ0n) is 11.7. The van der Waals surface area contributed by atoms with Gasteiger partial charge in [-0.1, -0.05) is 29.5 Å². The van der Waals surface area contributed by atoms with Crippen LogP contribution in [0, 0.1) is 11.6 Å². The third kappa shape index (κ3) is 2.87. The van der Waals surface area contributed by atoms with Crippen LogP contribution in [0.5, 0.6) is 0 Å². The quantitative estimate of drug-likeness (QED) is 0.806. The first-order chi connectivity index (χ1) is 10.7. The molecule has 0 saturated heterocycles. The molecule has 4 nitrogen and oxygen atoms in total.